The minimum atomic E-state index is 0. The zero-order chi connectivity index (χ0) is 19.2. The number of aliphatic imine (C=N–C) groups is 1. The van der Waals surface area contributed by atoms with E-state index in [-0.39, 0.29) is 24.0 Å². The number of hydrogen-bond acceptors (Lipinski definition) is 6. The summed E-state index contributed by atoms with van der Waals surface area (Å²) in [6.45, 7) is 5.23. The minimum absolute atomic E-state index is 0. The molecule has 1 fully saturated rings. The van der Waals surface area contributed by atoms with Crippen molar-refractivity contribution in [2.45, 2.75) is 12.6 Å². The molecule has 4 rings (SSSR count). The summed E-state index contributed by atoms with van der Waals surface area (Å²) in [7, 11) is 1.80. The number of guanidine groups is 1. The molecule has 0 aliphatic carbocycles. The maximum Gasteiger partial charge on any atom is 0.231 e. The van der Waals surface area contributed by atoms with E-state index in [4.69, 9.17) is 14.2 Å². The molecule has 7 nitrogen and oxygen atoms in total. The molecule has 0 amide bonds. The molecular weight excluding hydrogens is 503 g/mol. The molecule has 1 aromatic carbocycles. The number of fused-ring (bicyclic) bond motifs is 1. The Balaban J connectivity index is 0.00000240. The summed E-state index contributed by atoms with van der Waals surface area (Å²) in [4.78, 5) is 8.21. The number of halogens is 1. The van der Waals surface area contributed by atoms with Crippen LogP contribution in [0.3, 0.4) is 0 Å². The van der Waals surface area contributed by atoms with Gasteiger partial charge in [0.2, 0.25) is 6.79 Å². The van der Waals surface area contributed by atoms with E-state index in [0.29, 0.717) is 19.4 Å². The third-order valence-electron chi connectivity index (χ3n) is 4.94. The molecule has 158 valence electrons. The molecule has 1 atom stereocenters. The number of morpholine rings is 1. The fourth-order valence-corrected chi connectivity index (χ4v) is 4.29. The van der Waals surface area contributed by atoms with Crippen molar-refractivity contribution in [3.63, 3.8) is 0 Å². The Bertz CT molecular complexity index is 797. The van der Waals surface area contributed by atoms with E-state index >= 15 is 0 Å². The van der Waals surface area contributed by atoms with Gasteiger partial charge in [0.15, 0.2) is 17.5 Å². The van der Waals surface area contributed by atoms with Crippen molar-refractivity contribution in [1.82, 2.24) is 15.5 Å². The van der Waals surface area contributed by atoms with Gasteiger partial charge in [-0.1, -0.05) is 12.1 Å². The van der Waals surface area contributed by atoms with Gasteiger partial charge in [0.25, 0.3) is 0 Å². The van der Waals surface area contributed by atoms with Crippen LogP contribution >= 0.6 is 35.3 Å². The predicted molar refractivity (Wildman–Crippen MR) is 126 cm³/mol. The SMILES string of the molecule is CN=C(NCc1ccc2c(c1)OCO2)NCC(c1cccs1)N1CCOCC1.I. The number of hydrogen-bond donors (Lipinski definition) is 2. The Morgan fingerprint density at radius 1 is 1.17 bits per heavy atom. The first kappa shape index (κ1) is 22.1. The van der Waals surface area contributed by atoms with Gasteiger partial charge < -0.3 is 24.8 Å². The van der Waals surface area contributed by atoms with Crippen molar-refractivity contribution < 1.29 is 14.2 Å². The Hall–Kier alpha value is -1.56. The fourth-order valence-electron chi connectivity index (χ4n) is 3.43. The van der Waals surface area contributed by atoms with E-state index in [9.17, 15) is 0 Å². The number of nitrogens with zero attached hydrogens (tertiary/aromatic N) is 2. The van der Waals surface area contributed by atoms with Gasteiger partial charge in [0.05, 0.1) is 19.3 Å². The first-order valence-electron chi connectivity index (χ1n) is 9.52. The molecule has 9 heteroatoms. The van der Waals surface area contributed by atoms with E-state index in [2.05, 4.69) is 38.0 Å². The van der Waals surface area contributed by atoms with Gasteiger partial charge in [0.1, 0.15) is 0 Å². The monoisotopic (exact) mass is 530 g/mol. The highest BCUT2D eigenvalue weighted by molar-refractivity contribution is 14.0. The second-order valence-corrected chi connectivity index (χ2v) is 7.65. The molecule has 0 radical (unpaired) electrons. The molecule has 2 aliphatic heterocycles. The normalized spacial score (nSPS) is 17.5. The van der Waals surface area contributed by atoms with Crippen LogP contribution in [0.15, 0.2) is 40.7 Å². The van der Waals surface area contributed by atoms with Crippen molar-refractivity contribution in [2.75, 3.05) is 46.7 Å². The maximum atomic E-state index is 5.52. The van der Waals surface area contributed by atoms with Gasteiger partial charge in [-0.05, 0) is 29.1 Å². The lowest BCUT2D eigenvalue weighted by molar-refractivity contribution is 0.0177. The maximum absolute atomic E-state index is 5.52. The number of nitrogens with one attached hydrogen (secondary N) is 2. The van der Waals surface area contributed by atoms with Crippen molar-refractivity contribution in [3.8, 4) is 11.5 Å². The van der Waals surface area contributed by atoms with Crippen LogP contribution in [-0.2, 0) is 11.3 Å². The van der Waals surface area contributed by atoms with Crippen LogP contribution in [0, 0.1) is 0 Å². The van der Waals surface area contributed by atoms with Gasteiger partial charge in [-0.25, -0.2) is 0 Å². The predicted octanol–water partition coefficient (Wildman–Crippen LogP) is 2.83. The summed E-state index contributed by atoms with van der Waals surface area (Å²) >= 11 is 1.80. The fraction of sp³-hybridized carbons (Fsp3) is 0.450. The number of benzene rings is 1. The van der Waals surface area contributed by atoms with Crippen LogP contribution in [0.4, 0.5) is 0 Å². The first-order valence-corrected chi connectivity index (χ1v) is 10.4. The molecule has 0 spiro atoms. The highest BCUT2D eigenvalue weighted by Gasteiger charge is 2.23. The average molecular weight is 530 g/mol. The van der Waals surface area contributed by atoms with Crippen LogP contribution in [0.2, 0.25) is 0 Å². The molecule has 1 aromatic heterocycles. The second-order valence-electron chi connectivity index (χ2n) is 6.67. The lowest BCUT2D eigenvalue weighted by atomic mass is 10.2. The smallest absolute Gasteiger partial charge is 0.231 e. The van der Waals surface area contributed by atoms with Crippen molar-refractivity contribution in [2.24, 2.45) is 4.99 Å². The molecule has 0 bridgehead atoms. The van der Waals surface area contributed by atoms with Crippen LogP contribution in [-0.4, -0.2) is 57.5 Å². The number of rotatable bonds is 6. The van der Waals surface area contributed by atoms with E-state index in [1.54, 1.807) is 18.4 Å². The number of ether oxygens (including phenoxy) is 3. The van der Waals surface area contributed by atoms with Crippen LogP contribution in [0.25, 0.3) is 0 Å². The second kappa shape index (κ2) is 11.0. The lowest BCUT2D eigenvalue weighted by Crippen LogP contribution is -2.46. The molecule has 2 aliphatic rings. The summed E-state index contributed by atoms with van der Waals surface area (Å²) in [6.07, 6.45) is 0. The molecule has 29 heavy (non-hydrogen) atoms. The largest absolute Gasteiger partial charge is 0.454 e. The van der Waals surface area contributed by atoms with Crippen LogP contribution in [0.5, 0.6) is 11.5 Å². The van der Waals surface area contributed by atoms with E-state index in [1.165, 1.54) is 4.88 Å². The van der Waals surface area contributed by atoms with Gasteiger partial charge in [-0.2, -0.15) is 0 Å². The Kier molecular flexibility index (Phi) is 8.40. The Morgan fingerprint density at radius 2 is 2.00 bits per heavy atom. The molecule has 2 N–H and O–H groups in total. The third-order valence-corrected chi connectivity index (χ3v) is 5.92. The summed E-state index contributed by atoms with van der Waals surface area (Å²) in [5, 5.41) is 9.00. The molecule has 3 heterocycles. The standard InChI is InChI=1S/C20H26N4O3S.HI/c1-21-20(22-12-15-4-5-17-18(11-15)27-14-26-17)23-13-16(19-3-2-10-28-19)24-6-8-25-9-7-24;/h2-5,10-11,16H,6-9,12-14H2,1H3,(H2,21,22,23);1H. The van der Waals surface area contributed by atoms with Crippen LogP contribution in [0.1, 0.15) is 16.5 Å². The van der Waals surface area contributed by atoms with Gasteiger partial charge in [-0.15, -0.1) is 35.3 Å². The lowest BCUT2D eigenvalue weighted by Gasteiger charge is -2.34. The summed E-state index contributed by atoms with van der Waals surface area (Å²) in [5.41, 5.74) is 1.12. The molecule has 0 saturated carbocycles. The molecular formula is C20H27IN4O3S. The minimum Gasteiger partial charge on any atom is -0.454 e. The van der Waals surface area contributed by atoms with Crippen LogP contribution < -0.4 is 20.1 Å². The molecule has 1 unspecified atom stereocenters. The molecule has 1 saturated heterocycles. The highest BCUT2D eigenvalue weighted by Crippen LogP contribution is 2.32. The topological polar surface area (TPSA) is 67.4 Å². The average Bonchev–Trinajstić information content (AvgIpc) is 3.43. The Labute approximate surface area is 192 Å². The van der Waals surface area contributed by atoms with E-state index in [1.807, 2.05) is 18.2 Å². The first-order chi connectivity index (χ1) is 13.8. The van der Waals surface area contributed by atoms with Crippen molar-refractivity contribution in [1.29, 1.82) is 0 Å². The third kappa shape index (κ3) is 5.74. The zero-order valence-electron chi connectivity index (χ0n) is 16.4. The van der Waals surface area contributed by atoms with Gasteiger partial charge in [-0.3, -0.25) is 9.89 Å². The van der Waals surface area contributed by atoms with Crippen molar-refractivity contribution in [3.05, 3.63) is 46.2 Å². The summed E-state index contributed by atoms with van der Waals surface area (Å²) in [5.74, 6) is 2.38. The van der Waals surface area contributed by atoms with E-state index < -0.39 is 0 Å². The summed E-state index contributed by atoms with van der Waals surface area (Å²) < 4.78 is 16.3. The van der Waals surface area contributed by atoms with Gasteiger partial charge in [0, 0.05) is 38.1 Å². The number of thiophene rings is 1. The summed E-state index contributed by atoms with van der Waals surface area (Å²) in [6, 6.07) is 10.6. The van der Waals surface area contributed by atoms with E-state index in [0.717, 1.165) is 55.9 Å². The quantitative estimate of drug-likeness (QED) is 0.340. The zero-order valence-corrected chi connectivity index (χ0v) is 19.6. The van der Waals surface area contributed by atoms with Gasteiger partial charge >= 0.3 is 0 Å². The molecule has 2 aromatic rings. The highest BCUT2D eigenvalue weighted by atomic mass is 127. The Morgan fingerprint density at radius 3 is 2.76 bits per heavy atom. The van der Waals surface area contributed by atoms with Crippen molar-refractivity contribution >= 4 is 41.3 Å².